The summed E-state index contributed by atoms with van der Waals surface area (Å²) in [5.41, 5.74) is 1.15. The molecule has 8 nitrogen and oxygen atoms in total. The van der Waals surface area contributed by atoms with Crippen molar-refractivity contribution < 1.29 is 9.34 Å². The first kappa shape index (κ1) is 13.4. The molecule has 2 bridgehead atoms. The Morgan fingerprint density at radius 3 is 2.77 bits per heavy atom. The number of hydrogen-bond acceptors (Lipinski definition) is 7. The second-order valence-electron chi connectivity index (χ2n) is 5.93. The van der Waals surface area contributed by atoms with E-state index in [1.807, 2.05) is 0 Å². The lowest BCUT2D eigenvalue weighted by Gasteiger charge is -2.30. The van der Waals surface area contributed by atoms with Crippen LogP contribution in [0.15, 0.2) is 10.5 Å². The van der Waals surface area contributed by atoms with E-state index in [0.29, 0.717) is 29.0 Å². The van der Waals surface area contributed by atoms with Gasteiger partial charge in [0.15, 0.2) is 5.58 Å². The lowest BCUT2D eigenvalue weighted by Crippen LogP contribution is -2.38. The first-order chi connectivity index (χ1) is 10.6. The fraction of sp³-hybridized carbons (Fsp3) is 0.571. The number of piperidine rings is 1. The van der Waals surface area contributed by atoms with Gasteiger partial charge in [0.05, 0.1) is 11.0 Å². The molecular formula is C14H17N5O3. The zero-order valence-corrected chi connectivity index (χ0v) is 12.4. The maximum Gasteiger partial charge on any atom is 0.300 e. The molecule has 0 aromatic carbocycles. The lowest BCUT2D eigenvalue weighted by molar-refractivity contribution is -0.385. The van der Waals surface area contributed by atoms with Gasteiger partial charge in [-0.05, 0) is 19.8 Å². The Morgan fingerprint density at radius 1 is 1.27 bits per heavy atom. The largest absolute Gasteiger partial charge is 0.421 e. The van der Waals surface area contributed by atoms with Crippen LogP contribution in [0.1, 0.15) is 18.5 Å². The molecular weight excluding hydrogens is 286 g/mol. The molecule has 0 amide bonds. The average Bonchev–Trinajstić information content (AvgIpc) is 2.68. The summed E-state index contributed by atoms with van der Waals surface area (Å²) in [5.74, 6) is 0. The summed E-state index contributed by atoms with van der Waals surface area (Å²) < 4.78 is 5.79. The molecule has 0 aliphatic carbocycles. The second kappa shape index (κ2) is 4.91. The van der Waals surface area contributed by atoms with Gasteiger partial charge in [0.25, 0.3) is 11.7 Å². The highest BCUT2D eigenvalue weighted by Crippen LogP contribution is 2.30. The molecule has 3 saturated heterocycles. The normalized spacial score (nSPS) is 24.7. The fourth-order valence-corrected chi connectivity index (χ4v) is 3.38. The molecule has 0 atom stereocenters. The van der Waals surface area contributed by atoms with Crippen LogP contribution >= 0.6 is 0 Å². The summed E-state index contributed by atoms with van der Waals surface area (Å²) in [6.45, 7) is 5.72. The molecule has 0 N–H and O–H groups in total. The van der Waals surface area contributed by atoms with Crippen LogP contribution in [-0.4, -0.2) is 52.0 Å². The van der Waals surface area contributed by atoms with Crippen LogP contribution in [-0.2, 0) is 0 Å². The van der Waals surface area contributed by atoms with Gasteiger partial charge < -0.3 is 14.2 Å². The van der Waals surface area contributed by atoms with Gasteiger partial charge in [-0.25, -0.2) is 4.98 Å². The van der Waals surface area contributed by atoms with E-state index in [0.717, 1.165) is 39.0 Å². The van der Waals surface area contributed by atoms with Gasteiger partial charge in [0, 0.05) is 32.2 Å². The molecule has 2 aromatic heterocycles. The summed E-state index contributed by atoms with van der Waals surface area (Å²) in [6.07, 6.45) is 2.21. The van der Waals surface area contributed by atoms with Crippen molar-refractivity contribution in [2.45, 2.75) is 25.8 Å². The van der Waals surface area contributed by atoms with Crippen molar-refractivity contribution in [3.05, 3.63) is 21.9 Å². The quantitative estimate of drug-likeness (QED) is 0.616. The topological polar surface area (TPSA) is 88.5 Å². The predicted octanol–water partition coefficient (Wildman–Crippen LogP) is 1.72. The van der Waals surface area contributed by atoms with Gasteiger partial charge in [-0.15, -0.1) is 0 Å². The van der Waals surface area contributed by atoms with Gasteiger partial charge in [-0.3, -0.25) is 10.1 Å². The maximum absolute atomic E-state index is 11.0. The lowest BCUT2D eigenvalue weighted by atomic mass is 10.1. The number of pyridine rings is 1. The zero-order valence-electron chi connectivity index (χ0n) is 12.4. The van der Waals surface area contributed by atoms with Crippen LogP contribution in [0.25, 0.3) is 11.2 Å². The van der Waals surface area contributed by atoms with Crippen molar-refractivity contribution in [3.8, 4) is 0 Å². The van der Waals surface area contributed by atoms with Crippen molar-refractivity contribution in [3.63, 3.8) is 0 Å². The highest BCUT2D eigenvalue weighted by Gasteiger charge is 2.32. The van der Waals surface area contributed by atoms with Gasteiger partial charge in [-0.2, -0.15) is 4.98 Å². The molecule has 8 heteroatoms. The van der Waals surface area contributed by atoms with Crippen molar-refractivity contribution in [2.75, 3.05) is 31.1 Å². The van der Waals surface area contributed by atoms with Gasteiger partial charge in [-0.1, -0.05) is 0 Å². The Kier molecular flexibility index (Phi) is 3.00. The molecule has 3 aliphatic heterocycles. The number of anilines is 1. The number of hydrogen-bond donors (Lipinski definition) is 0. The molecule has 22 heavy (non-hydrogen) atoms. The highest BCUT2D eigenvalue weighted by molar-refractivity contribution is 5.73. The Hall–Kier alpha value is -2.22. The van der Waals surface area contributed by atoms with Crippen molar-refractivity contribution in [1.82, 2.24) is 14.9 Å². The Bertz CT molecular complexity index is 735. The van der Waals surface area contributed by atoms with E-state index < -0.39 is 4.92 Å². The third-order valence-corrected chi connectivity index (χ3v) is 4.63. The second-order valence-corrected chi connectivity index (χ2v) is 5.93. The van der Waals surface area contributed by atoms with Crippen LogP contribution in [0.2, 0.25) is 0 Å². The number of rotatable bonds is 2. The molecule has 2 aromatic rings. The van der Waals surface area contributed by atoms with E-state index in [2.05, 4.69) is 19.8 Å². The highest BCUT2D eigenvalue weighted by atomic mass is 16.6. The summed E-state index contributed by atoms with van der Waals surface area (Å²) >= 11 is 0. The minimum absolute atomic E-state index is 0.0295. The predicted molar refractivity (Wildman–Crippen MR) is 80.0 cm³/mol. The van der Waals surface area contributed by atoms with Crippen LogP contribution in [0, 0.1) is 17.0 Å². The third kappa shape index (κ3) is 2.10. The molecule has 5 rings (SSSR count). The number of nitrogens with zero attached hydrogens (tertiary/aromatic N) is 5. The van der Waals surface area contributed by atoms with Gasteiger partial charge >= 0.3 is 0 Å². The molecule has 5 heterocycles. The summed E-state index contributed by atoms with van der Waals surface area (Å²) in [6, 6.07) is 2.39. The first-order valence-electron chi connectivity index (χ1n) is 7.53. The molecule has 0 spiro atoms. The molecule has 0 radical (unpaired) electrons. The maximum atomic E-state index is 11.0. The molecule has 3 fully saturated rings. The molecule has 0 saturated carbocycles. The Balaban J connectivity index is 1.74. The van der Waals surface area contributed by atoms with Crippen LogP contribution < -0.4 is 4.90 Å². The van der Waals surface area contributed by atoms with E-state index >= 15 is 0 Å². The van der Waals surface area contributed by atoms with E-state index in [-0.39, 0.29) is 5.69 Å². The third-order valence-electron chi connectivity index (χ3n) is 4.63. The smallest absolute Gasteiger partial charge is 0.300 e. The van der Waals surface area contributed by atoms with Crippen molar-refractivity contribution in [2.24, 2.45) is 0 Å². The minimum Gasteiger partial charge on any atom is -0.421 e. The number of aromatic nitrogens is 2. The molecule has 0 unspecified atom stereocenters. The van der Waals surface area contributed by atoms with E-state index in [1.165, 1.54) is 6.07 Å². The number of fused-ring (bicyclic) bond motifs is 5. The molecule has 3 aliphatic rings. The monoisotopic (exact) mass is 303 g/mol. The van der Waals surface area contributed by atoms with Crippen molar-refractivity contribution >= 4 is 22.9 Å². The number of nitro groups is 1. The van der Waals surface area contributed by atoms with Crippen LogP contribution in [0.3, 0.4) is 0 Å². The summed E-state index contributed by atoms with van der Waals surface area (Å²) in [4.78, 5) is 23.9. The Morgan fingerprint density at radius 2 is 2.05 bits per heavy atom. The van der Waals surface area contributed by atoms with E-state index in [4.69, 9.17) is 4.42 Å². The minimum atomic E-state index is -0.440. The van der Waals surface area contributed by atoms with E-state index in [9.17, 15) is 10.1 Å². The van der Waals surface area contributed by atoms with E-state index in [1.54, 1.807) is 6.92 Å². The summed E-state index contributed by atoms with van der Waals surface area (Å²) in [5, 5.41) is 11.0. The molecule has 116 valence electrons. The van der Waals surface area contributed by atoms with Gasteiger partial charge in [0.2, 0.25) is 5.65 Å². The average molecular weight is 303 g/mol. The van der Waals surface area contributed by atoms with Crippen LogP contribution in [0.5, 0.6) is 0 Å². The van der Waals surface area contributed by atoms with Crippen molar-refractivity contribution in [1.29, 1.82) is 0 Å². The standard InChI is InChI=1S/C14H17N5O3/c1-9-11(19(20)21)8-12-13(15-9)16-14(22-12)18-7-6-17-4-2-10(18)3-5-17/h8,10H,2-7H2,1H3. The fourth-order valence-electron chi connectivity index (χ4n) is 3.38. The first-order valence-corrected chi connectivity index (χ1v) is 7.53. The SMILES string of the molecule is Cc1nc2nc(N3CCN4CCC3CC4)oc2cc1[N+](=O)[O-]. The summed E-state index contributed by atoms with van der Waals surface area (Å²) in [7, 11) is 0. The zero-order chi connectivity index (χ0) is 15.3. The Labute approximate surface area is 126 Å². The number of aryl methyl sites for hydroxylation is 1. The van der Waals surface area contributed by atoms with Crippen LogP contribution in [0.4, 0.5) is 11.7 Å². The van der Waals surface area contributed by atoms with Gasteiger partial charge in [0.1, 0.15) is 5.69 Å². The number of oxazole rings is 1.